The van der Waals surface area contributed by atoms with Crippen LogP contribution < -0.4 is 68.4 Å². The Kier molecular flexibility index (Phi) is 31.1. The molecule has 0 fully saturated rings. The maximum atomic E-state index is 15.4. The quantitative estimate of drug-likeness (QED) is 0.0101. The number of fused-ring (bicyclic) bond motifs is 10. The number of rotatable bonds is 41. The third-order valence-electron chi connectivity index (χ3n) is 24.0. The minimum atomic E-state index is -2.12. The van der Waals surface area contributed by atoms with Crippen molar-refractivity contribution in [1.29, 1.82) is 0 Å². The molecule has 4 aromatic heterocycles. The Labute approximate surface area is 775 Å². The predicted molar refractivity (Wildman–Crippen MR) is 480 cm³/mol. The van der Waals surface area contributed by atoms with Gasteiger partial charge < -0.3 is 105 Å². The molecule has 136 heavy (non-hydrogen) atoms. The summed E-state index contributed by atoms with van der Waals surface area (Å²) < 4.78 is 71.1. The second-order valence-electron chi connectivity index (χ2n) is 33.3. The summed E-state index contributed by atoms with van der Waals surface area (Å²) in [6, 6.07) is 16.0. The molecule has 5 aliphatic rings. The second-order valence-corrected chi connectivity index (χ2v) is 33.3. The number of benzene rings is 4. The number of aliphatic hydroxyl groups is 2. The standard InChI is InChI=1S/C94H103F2N15O25/c1-9-29-94(129)65-36-72-83-61(42-111(72)88(123)63(65)48-134-90(94)125)59(57-34-74(131-8)67(96)38-70(57)107-83)40-99-92(127)136-46-53-18-22-55(23-19-53)104-85(120)51(6)102-78(115)44-108(79(116)15-12-30-97-86(121)68(24-25-76(113)100-49(4)28-32-132-11-3)105-75(112)14-13-31-109-80(117)26-27-81(109)118)43-77(114)101-50(5)84(119)103-54-20-16-52(17-21-54)45-135-91(126)98-39-58-56-33-73(130-7)66(95)37-69(56)106-82-60(58)41-110-71(82)35-64-62(87(110)122)47-133-89(124)93(64,128)10-2/h16-23,26-27,33-38,49-51,68,128-129H,9-15,24-25,28-32,39-48H2,1-8H3,(H,97,121)(H,98,126)(H,99,127)(H,100,113)(H,101,114)(H,102,115)(H,103,119)(H,104,120)(H,105,112)/t49?,50-,51-,68-,93-,94-/m0/s1. The summed E-state index contributed by atoms with van der Waals surface area (Å²) in [6.45, 7) is 6.62. The van der Waals surface area contributed by atoms with Gasteiger partial charge in [-0.25, -0.2) is 37.9 Å². The molecule has 4 aromatic carbocycles. The fraction of sp³-hybridized carbons (Fsp3) is 0.404. The van der Waals surface area contributed by atoms with Gasteiger partial charge in [-0.15, -0.1) is 0 Å². The number of nitrogens with one attached hydrogen (secondary N) is 9. The molecule has 0 bridgehead atoms. The van der Waals surface area contributed by atoms with E-state index in [1.165, 1.54) is 110 Å². The predicted octanol–water partition coefficient (Wildman–Crippen LogP) is 5.22. The van der Waals surface area contributed by atoms with Crippen molar-refractivity contribution >= 4 is 116 Å². The molecule has 6 atom stereocenters. The van der Waals surface area contributed by atoms with Crippen LogP contribution in [-0.4, -0.2) is 200 Å². The van der Waals surface area contributed by atoms with Crippen LogP contribution in [0.15, 0.2) is 107 Å². The Hall–Kier alpha value is -14.9. The number of anilines is 2. The molecule has 11 N–H and O–H groups in total. The van der Waals surface area contributed by atoms with Crippen LogP contribution >= 0.6 is 0 Å². The van der Waals surface area contributed by atoms with Crippen LogP contribution in [0.4, 0.5) is 29.7 Å². The Morgan fingerprint density at radius 2 is 1.03 bits per heavy atom. The van der Waals surface area contributed by atoms with Crippen molar-refractivity contribution in [1.82, 2.24) is 66.1 Å². The van der Waals surface area contributed by atoms with E-state index in [0.29, 0.717) is 70.2 Å². The van der Waals surface area contributed by atoms with Gasteiger partial charge >= 0.3 is 24.1 Å². The lowest BCUT2D eigenvalue weighted by Crippen LogP contribution is -2.51. The number of hydrogen-bond donors (Lipinski definition) is 11. The second kappa shape index (κ2) is 42.9. The van der Waals surface area contributed by atoms with Crippen LogP contribution in [0.1, 0.15) is 161 Å². The highest BCUT2D eigenvalue weighted by atomic mass is 19.1. The first kappa shape index (κ1) is 98.6. The maximum absolute atomic E-state index is 15.4. The number of hydrogen-bond acceptors (Lipinski definition) is 27. The molecule has 718 valence electrons. The smallest absolute Gasteiger partial charge is 0.407 e. The van der Waals surface area contributed by atoms with E-state index in [2.05, 4.69) is 47.9 Å². The molecule has 0 saturated carbocycles. The number of alkyl carbamates (subject to hydrolysis) is 2. The molecule has 9 heterocycles. The van der Waals surface area contributed by atoms with Crippen LogP contribution in [0.3, 0.4) is 0 Å². The van der Waals surface area contributed by atoms with Crippen molar-refractivity contribution in [3.8, 4) is 34.3 Å². The van der Waals surface area contributed by atoms with Crippen molar-refractivity contribution in [2.45, 2.75) is 194 Å². The minimum Gasteiger partial charge on any atom is -0.494 e. The third-order valence-corrected chi connectivity index (χ3v) is 24.0. The number of aromatic nitrogens is 4. The number of ether oxygens (including phenoxy) is 7. The number of imide groups is 1. The molecule has 0 aliphatic carbocycles. The molecule has 13 rings (SSSR count). The zero-order chi connectivity index (χ0) is 97.7. The molecule has 40 nitrogen and oxygen atoms in total. The lowest BCUT2D eigenvalue weighted by Gasteiger charge is -2.32. The van der Waals surface area contributed by atoms with Crippen molar-refractivity contribution in [3.63, 3.8) is 0 Å². The molecule has 0 radical (unpaired) electrons. The molecule has 0 saturated heterocycles. The molecule has 12 amide bonds. The highest BCUT2D eigenvalue weighted by Gasteiger charge is 2.48. The number of nitrogens with zero attached hydrogens (tertiary/aromatic N) is 6. The average Bonchev–Trinajstić information content (AvgIpc) is 1.52. The average molecular weight is 1880 g/mol. The van der Waals surface area contributed by atoms with Crippen LogP contribution in [0.2, 0.25) is 0 Å². The fourth-order valence-corrected chi connectivity index (χ4v) is 16.6. The van der Waals surface area contributed by atoms with Gasteiger partial charge in [0.15, 0.2) is 34.3 Å². The SMILES string of the molecule is CCC[C@@]1(O)C(=O)OCc2c1cc1n(c2=O)Cc2c-1nc1cc(F)c(OC)cc1c2CNC(=O)OCc1ccc(NC(=O)[C@H](C)NC(=O)CN(CC(=O)N[C@@H](C)C(=O)Nc2ccc(COC(=O)NCc3c4c(nc5cc(F)c(OC)cc35)-c3cc5c(c(=O)n3C4)COC(=O)[C@]5(O)CC)cc2)C(=O)CCCNC(=O)[C@H](CCC(=O)NC(C)CCOCC)NC(=O)CCCN2C(=O)C=CC2=O)cc1. The number of cyclic esters (lactones) is 2. The Morgan fingerprint density at radius 3 is 1.50 bits per heavy atom. The van der Waals surface area contributed by atoms with E-state index in [9.17, 15) is 86.9 Å². The Bertz CT molecular complexity index is 6250. The summed E-state index contributed by atoms with van der Waals surface area (Å²) in [5.74, 6) is -10.6. The van der Waals surface area contributed by atoms with Gasteiger partial charge in [0, 0.05) is 133 Å². The van der Waals surface area contributed by atoms with E-state index in [1.54, 1.807) is 20.8 Å². The van der Waals surface area contributed by atoms with Crippen molar-refractivity contribution < 1.29 is 119 Å². The number of halogens is 2. The highest BCUT2D eigenvalue weighted by molar-refractivity contribution is 6.13. The molecule has 0 spiro atoms. The number of carbonyl (C=O) groups is 14. The number of amides is 12. The van der Waals surface area contributed by atoms with Gasteiger partial charge in [-0.3, -0.25) is 62.4 Å². The van der Waals surface area contributed by atoms with Crippen molar-refractivity contribution in [2.24, 2.45) is 0 Å². The summed E-state index contributed by atoms with van der Waals surface area (Å²) in [5.41, 5.74) is -0.548. The fourth-order valence-electron chi connectivity index (χ4n) is 16.6. The van der Waals surface area contributed by atoms with Crippen LogP contribution in [0, 0.1) is 11.6 Å². The van der Waals surface area contributed by atoms with Gasteiger partial charge in [-0.05, 0) is 137 Å². The van der Waals surface area contributed by atoms with E-state index >= 15 is 8.78 Å². The van der Waals surface area contributed by atoms with E-state index in [0.717, 1.165) is 34.1 Å². The zero-order valence-corrected chi connectivity index (χ0v) is 75.7. The lowest BCUT2D eigenvalue weighted by atomic mass is 9.84. The topological polar surface area (TPSA) is 529 Å². The van der Waals surface area contributed by atoms with Gasteiger partial charge in [-0.1, -0.05) is 44.5 Å². The molecule has 1 unspecified atom stereocenters. The maximum Gasteiger partial charge on any atom is 0.407 e. The van der Waals surface area contributed by atoms with Crippen LogP contribution in [-0.2, 0) is 145 Å². The summed E-state index contributed by atoms with van der Waals surface area (Å²) >= 11 is 0. The first-order chi connectivity index (χ1) is 65.0. The molecule has 42 heteroatoms. The monoisotopic (exact) mass is 1880 g/mol. The van der Waals surface area contributed by atoms with Crippen molar-refractivity contribution in [3.05, 3.63) is 185 Å². The summed E-state index contributed by atoms with van der Waals surface area (Å²) in [4.78, 5) is 227. The highest BCUT2D eigenvalue weighted by Crippen LogP contribution is 2.44. The van der Waals surface area contributed by atoms with Gasteiger partial charge in [0.2, 0.25) is 47.3 Å². The zero-order valence-electron chi connectivity index (χ0n) is 75.7. The van der Waals surface area contributed by atoms with E-state index < -0.39 is 155 Å². The van der Waals surface area contributed by atoms with Crippen LogP contribution in [0.5, 0.6) is 11.5 Å². The largest absolute Gasteiger partial charge is 0.494 e. The van der Waals surface area contributed by atoms with Gasteiger partial charge in [0.1, 0.15) is 57.6 Å². The lowest BCUT2D eigenvalue weighted by molar-refractivity contribution is -0.173. The molecule has 5 aliphatic heterocycles. The van der Waals surface area contributed by atoms with Crippen LogP contribution in [0.25, 0.3) is 44.6 Å². The van der Waals surface area contributed by atoms with Gasteiger partial charge in [0.25, 0.3) is 22.9 Å². The first-order valence-corrected chi connectivity index (χ1v) is 44.2. The number of esters is 2. The summed E-state index contributed by atoms with van der Waals surface area (Å²) in [7, 11) is 2.55. The summed E-state index contributed by atoms with van der Waals surface area (Å²) in [5, 5.41) is 47.7. The molecule has 8 aromatic rings. The van der Waals surface area contributed by atoms with Crippen molar-refractivity contribution in [2.75, 3.05) is 64.2 Å². The van der Waals surface area contributed by atoms with Gasteiger partial charge in [0.05, 0.1) is 72.2 Å². The normalized spacial score (nSPS) is 16.1. The molecular weight excluding hydrogens is 1780 g/mol. The Balaban J connectivity index is 0.624. The number of methoxy groups -OCH3 is 2. The Morgan fingerprint density at radius 1 is 0.551 bits per heavy atom. The number of pyridine rings is 4. The third kappa shape index (κ3) is 22.1. The van der Waals surface area contributed by atoms with E-state index in [-0.39, 0.29) is 196 Å². The summed E-state index contributed by atoms with van der Waals surface area (Å²) in [6.07, 6.45) is 0.0423. The van der Waals surface area contributed by atoms with E-state index in [1.807, 2.05) is 6.92 Å². The minimum absolute atomic E-state index is 0.0343. The number of carbonyl (C=O) groups excluding carboxylic acids is 14. The molecular formula is C94H103F2N15O25. The van der Waals surface area contributed by atoms with Gasteiger partial charge in [-0.2, -0.15) is 0 Å². The van der Waals surface area contributed by atoms with E-state index in [4.69, 9.17) is 43.1 Å². The first-order valence-electron chi connectivity index (χ1n) is 44.2.